The summed E-state index contributed by atoms with van der Waals surface area (Å²) in [7, 11) is 0. The second-order valence-corrected chi connectivity index (χ2v) is 5.57. The Morgan fingerprint density at radius 2 is 1.95 bits per heavy atom. The molecule has 1 rings (SSSR count). The van der Waals surface area contributed by atoms with Crippen LogP contribution in [0.1, 0.15) is 53.1 Å². The lowest BCUT2D eigenvalue weighted by molar-refractivity contribution is -0.122. The van der Waals surface area contributed by atoms with E-state index in [0.717, 1.165) is 12.8 Å². The molecule has 0 N–H and O–H groups in total. The zero-order chi connectivity index (χ0) is 15.1. The number of Topliss-reactive ketones (excluding diaryl/α,β-unsaturated/α-hetero) is 1. The van der Waals surface area contributed by atoms with Gasteiger partial charge in [-0.3, -0.25) is 4.79 Å². The van der Waals surface area contributed by atoms with Crippen molar-refractivity contribution in [2.45, 2.75) is 47.0 Å². The molecule has 1 atom stereocenters. The van der Waals surface area contributed by atoms with Crippen LogP contribution in [-0.4, -0.2) is 5.78 Å². The van der Waals surface area contributed by atoms with Gasteiger partial charge in [-0.25, -0.2) is 0 Å². The Balaban J connectivity index is 0.00000400. The first-order valence-corrected chi connectivity index (χ1v) is 7.39. The Morgan fingerprint density at radius 3 is 2.40 bits per heavy atom. The molecule has 20 heavy (non-hydrogen) atoms. The molecule has 0 spiro atoms. The minimum absolute atomic E-state index is 0. The zero-order valence-electron chi connectivity index (χ0n) is 13.2. The molecule has 1 aromatic carbocycles. The van der Waals surface area contributed by atoms with Gasteiger partial charge in [0, 0.05) is 13.8 Å². The molecule has 0 radical (unpaired) electrons. The average Bonchev–Trinajstić information content (AvgIpc) is 2.44. The molecular formula is C19H28O. The second-order valence-electron chi connectivity index (χ2n) is 5.57. The predicted molar refractivity (Wildman–Crippen MR) is 89.8 cm³/mol. The van der Waals surface area contributed by atoms with Crippen molar-refractivity contribution in [2.75, 3.05) is 0 Å². The summed E-state index contributed by atoms with van der Waals surface area (Å²) in [6.45, 7) is 12.0. The minimum atomic E-state index is 0. The van der Waals surface area contributed by atoms with Gasteiger partial charge in [0.05, 0.1) is 0 Å². The summed E-state index contributed by atoms with van der Waals surface area (Å²) in [5.41, 5.74) is 4.95. The van der Waals surface area contributed by atoms with Crippen LogP contribution in [0.2, 0.25) is 0 Å². The van der Waals surface area contributed by atoms with Crippen molar-refractivity contribution in [3.8, 4) is 0 Å². The van der Waals surface area contributed by atoms with Gasteiger partial charge >= 0.3 is 0 Å². The van der Waals surface area contributed by atoms with Gasteiger partial charge < -0.3 is 0 Å². The maximum absolute atomic E-state index is 11.6. The van der Waals surface area contributed by atoms with Crippen LogP contribution in [0, 0.1) is 5.92 Å². The summed E-state index contributed by atoms with van der Waals surface area (Å²) in [6.07, 6.45) is 4.52. The first-order chi connectivity index (χ1) is 9.47. The summed E-state index contributed by atoms with van der Waals surface area (Å²) in [5.74, 6) is 0.452. The largest absolute Gasteiger partial charge is 0.299 e. The van der Waals surface area contributed by atoms with Crippen molar-refractivity contribution >= 4 is 11.4 Å². The lowest BCUT2D eigenvalue weighted by atomic mass is 9.93. The number of ketones is 1. The van der Waals surface area contributed by atoms with Crippen LogP contribution in [-0.2, 0) is 11.2 Å². The highest BCUT2D eigenvalue weighted by Crippen LogP contribution is 2.22. The van der Waals surface area contributed by atoms with Crippen LogP contribution >= 0.6 is 0 Å². The predicted octanol–water partition coefficient (Wildman–Crippen LogP) is 5.46. The zero-order valence-corrected chi connectivity index (χ0v) is 13.2. The third-order valence-electron chi connectivity index (χ3n) is 3.61. The molecule has 1 unspecified atom stereocenters. The Hall–Kier alpha value is -1.63. The van der Waals surface area contributed by atoms with E-state index in [-0.39, 0.29) is 7.34 Å². The van der Waals surface area contributed by atoms with Gasteiger partial charge in [-0.2, -0.15) is 0 Å². The average molecular weight is 272 g/mol. The highest BCUT2D eigenvalue weighted by Gasteiger charge is 2.11. The summed E-state index contributed by atoms with van der Waals surface area (Å²) in [4.78, 5) is 11.6. The Morgan fingerprint density at radius 1 is 1.35 bits per heavy atom. The fraction of sp³-hybridized carbons (Fsp3) is 0.421. The van der Waals surface area contributed by atoms with Crippen LogP contribution in [0.15, 0.2) is 42.5 Å². The van der Waals surface area contributed by atoms with Crippen molar-refractivity contribution in [2.24, 2.45) is 5.92 Å². The van der Waals surface area contributed by atoms with E-state index in [2.05, 4.69) is 50.8 Å². The van der Waals surface area contributed by atoms with Crippen LogP contribution in [0.25, 0.3) is 5.57 Å². The fourth-order valence-electron chi connectivity index (χ4n) is 2.37. The monoisotopic (exact) mass is 272 g/mol. The maximum atomic E-state index is 11.6. The first kappa shape index (κ1) is 16.4. The number of hydrogen-bond donors (Lipinski definition) is 0. The van der Waals surface area contributed by atoms with Crippen molar-refractivity contribution in [1.29, 1.82) is 0 Å². The fourth-order valence-corrected chi connectivity index (χ4v) is 2.37. The standard InChI is InChI=1S/C19H26O.H2/c1-6-17(12-14(3)4)18-10-8-16(9-11-18)13-15(5)19(20)7-2;/h6,8-11,15H,3,7,12-13H2,1-2,4-5H3;1H/b17-6-;. The molecule has 0 heterocycles. The van der Waals surface area contributed by atoms with Gasteiger partial charge in [-0.15, -0.1) is 0 Å². The molecule has 0 amide bonds. The smallest absolute Gasteiger partial charge is 0.135 e. The summed E-state index contributed by atoms with van der Waals surface area (Å²) in [5, 5.41) is 0. The molecule has 0 bridgehead atoms. The van der Waals surface area contributed by atoms with Crippen molar-refractivity contribution in [3.05, 3.63) is 53.6 Å². The van der Waals surface area contributed by atoms with E-state index in [1.54, 1.807) is 0 Å². The van der Waals surface area contributed by atoms with E-state index < -0.39 is 0 Å². The quantitative estimate of drug-likeness (QED) is 0.602. The van der Waals surface area contributed by atoms with E-state index >= 15 is 0 Å². The van der Waals surface area contributed by atoms with Crippen LogP contribution in [0.4, 0.5) is 0 Å². The molecule has 0 fully saturated rings. The minimum Gasteiger partial charge on any atom is -0.299 e. The molecule has 0 aromatic heterocycles. The normalized spacial score (nSPS) is 13.1. The lowest BCUT2D eigenvalue weighted by Crippen LogP contribution is -2.12. The van der Waals surface area contributed by atoms with Crippen LogP contribution < -0.4 is 0 Å². The summed E-state index contributed by atoms with van der Waals surface area (Å²) < 4.78 is 0. The van der Waals surface area contributed by atoms with Crippen molar-refractivity contribution < 1.29 is 6.22 Å². The molecule has 0 saturated carbocycles. The molecule has 1 aromatic rings. The Labute approximate surface area is 124 Å². The molecule has 0 aliphatic carbocycles. The van der Waals surface area contributed by atoms with Crippen LogP contribution in [0.3, 0.4) is 0 Å². The Kier molecular flexibility index (Phi) is 6.44. The summed E-state index contributed by atoms with van der Waals surface area (Å²) >= 11 is 0. The van der Waals surface area contributed by atoms with E-state index in [4.69, 9.17) is 0 Å². The van der Waals surface area contributed by atoms with E-state index in [9.17, 15) is 4.79 Å². The van der Waals surface area contributed by atoms with Gasteiger partial charge in [0.1, 0.15) is 5.78 Å². The molecule has 1 nitrogen and oxygen atoms in total. The van der Waals surface area contributed by atoms with Gasteiger partial charge in [0.2, 0.25) is 0 Å². The molecule has 0 aliphatic heterocycles. The van der Waals surface area contributed by atoms with Gasteiger partial charge in [-0.05, 0) is 43.4 Å². The van der Waals surface area contributed by atoms with Gasteiger partial charge in [0.25, 0.3) is 0 Å². The Bertz CT molecular complexity index is 497. The summed E-state index contributed by atoms with van der Waals surface area (Å²) in [6, 6.07) is 8.57. The van der Waals surface area contributed by atoms with Gasteiger partial charge in [0.15, 0.2) is 0 Å². The molecular weight excluding hydrogens is 244 g/mol. The molecule has 0 saturated heterocycles. The highest BCUT2D eigenvalue weighted by molar-refractivity contribution is 5.80. The first-order valence-electron chi connectivity index (χ1n) is 7.39. The number of carbonyl (C=O) groups excluding carboxylic acids is 1. The number of rotatable bonds is 7. The van der Waals surface area contributed by atoms with E-state index in [0.29, 0.717) is 12.2 Å². The van der Waals surface area contributed by atoms with Crippen molar-refractivity contribution in [3.63, 3.8) is 0 Å². The van der Waals surface area contributed by atoms with Crippen molar-refractivity contribution in [1.82, 2.24) is 0 Å². The third-order valence-corrected chi connectivity index (χ3v) is 3.61. The second kappa shape index (κ2) is 7.84. The van der Waals surface area contributed by atoms with Crippen LogP contribution in [0.5, 0.6) is 0 Å². The SMILES string of the molecule is C=C(C)C/C(=C/C)c1ccc(CC(C)C(=O)CC)cc1.[HH]. The maximum Gasteiger partial charge on any atom is 0.135 e. The highest BCUT2D eigenvalue weighted by atomic mass is 16.1. The number of carbonyl (C=O) groups is 1. The van der Waals surface area contributed by atoms with E-state index in [1.807, 2.05) is 13.8 Å². The molecule has 0 aliphatic rings. The van der Waals surface area contributed by atoms with Gasteiger partial charge in [-0.1, -0.05) is 56.3 Å². The molecule has 1 heteroatoms. The molecule has 110 valence electrons. The topological polar surface area (TPSA) is 17.1 Å². The number of hydrogen-bond acceptors (Lipinski definition) is 1. The number of benzene rings is 1. The third kappa shape index (κ3) is 4.80. The van der Waals surface area contributed by atoms with E-state index in [1.165, 1.54) is 22.3 Å². The lowest BCUT2D eigenvalue weighted by Gasteiger charge is -2.11. The number of allylic oxidation sites excluding steroid dienone is 3.